The first-order chi connectivity index (χ1) is 12.5. The van der Waals surface area contributed by atoms with Crippen molar-refractivity contribution in [2.75, 3.05) is 17.7 Å². The number of methoxy groups -OCH3 is 1. The van der Waals surface area contributed by atoms with Crippen LogP contribution in [0.5, 0.6) is 5.75 Å². The third kappa shape index (κ3) is 3.69. The molecule has 0 spiro atoms. The van der Waals surface area contributed by atoms with E-state index in [2.05, 4.69) is 20.6 Å². The first-order valence-electron chi connectivity index (χ1n) is 7.63. The normalized spacial score (nSPS) is 10.5. The Balaban J connectivity index is 1.85. The largest absolute Gasteiger partial charge is 0.495 e. The van der Waals surface area contributed by atoms with Gasteiger partial charge in [-0.05, 0) is 42.8 Å². The van der Waals surface area contributed by atoms with Gasteiger partial charge < -0.3 is 15.4 Å². The summed E-state index contributed by atoms with van der Waals surface area (Å²) in [5.41, 5.74) is 1.43. The number of aryl methyl sites for hydroxylation is 1. The van der Waals surface area contributed by atoms with Gasteiger partial charge >= 0.3 is 0 Å². The molecule has 1 aromatic heterocycles. The number of aromatic nitrogens is 2. The molecule has 0 radical (unpaired) electrons. The van der Waals surface area contributed by atoms with Crippen LogP contribution in [-0.2, 0) is 0 Å². The Morgan fingerprint density at radius 1 is 0.923 bits per heavy atom. The zero-order valence-electron chi connectivity index (χ0n) is 14.0. The van der Waals surface area contributed by atoms with Crippen LogP contribution in [0.2, 0.25) is 0 Å². The highest BCUT2D eigenvalue weighted by Gasteiger charge is 2.14. The minimum Gasteiger partial charge on any atom is -0.495 e. The van der Waals surface area contributed by atoms with Gasteiger partial charge in [0.2, 0.25) is 5.95 Å². The molecule has 3 rings (SSSR count). The fourth-order valence-electron chi connectivity index (χ4n) is 2.29. The zero-order valence-corrected chi connectivity index (χ0v) is 14.0. The molecule has 134 valence electrons. The molecular formula is C18H15F3N4O. The maximum absolute atomic E-state index is 13.8. The highest BCUT2D eigenvalue weighted by Crippen LogP contribution is 2.28. The van der Waals surface area contributed by atoms with E-state index in [-0.39, 0.29) is 17.5 Å². The van der Waals surface area contributed by atoms with E-state index in [9.17, 15) is 13.2 Å². The maximum atomic E-state index is 13.8. The Morgan fingerprint density at radius 2 is 1.73 bits per heavy atom. The van der Waals surface area contributed by atoms with E-state index >= 15 is 0 Å². The number of benzene rings is 2. The summed E-state index contributed by atoms with van der Waals surface area (Å²) >= 11 is 0. The fraction of sp³-hybridized carbons (Fsp3) is 0.111. The first-order valence-corrected chi connectivity index (χ1v) is 7.63. The second kappa shape index (κ2) is 7.30. The van der Waals surface area contributed by atoms with E-state index in [1.54, 1.807) is 13.2 Å². The fourth-order valence-corrected chi connectivity index (χ4v) is 2.29. The van der Waals surface area contributed by atoms with Gasteiger partial charge in [0, 0.05) is 6.20 Å². The molecule has 0 saturated heterocycles. The van der Waals surface area contributed by atoms with Crippen molar-refractivity contribution >= 4 is 23.1 Å². The van der Waals surface area contributed by atoms with Gasteiger partial charge in [0.05, 0.1) is 18.5 Å². The number of nitrogens with zero attached hydrogens (tertiary/aromatic N) is 2. The highest BCUT2D eigenvalue weighted by atomic mass is 19.2. The predicted octanol–water partition coefficient (Wildman–Crippen LogP) is 4.70. The molecule has 5 nitrogen and oxygen atoms in total. The SMILES string of the molecule is COc1ccc(C)cc1Nc1nccc(Nc2ccc(F)c(F)c2F)n1. The van der Waals surface area contributed by atoms with Crippen LogP contribution in [0.25, 0.3) is 0 Å². The van der Waals surface area contributed by atoms with Crippen LogP contribution in [0, 0.1) is 24.4 Å². The van der Waals surface area contributed by atoms with Crippen molar-refractivity contribution in [3.05, 3.63) is 65.6 Å². The van der Waals surface area contributed by atoms with Crippen LogP contribution in [0.3, 0.4) is 0 Å². The van der Waals surface area contributed by atoms with Crippen LogP contribution in [-0.4, -0.2) is 17.1 Å². The van der Waals surface area contributed by atoms with Crippen LogP contribution < -0.4 is 15.4 Å². The summed E-state index contributed by atoms with van der Waals surface area (Å²) in [5.74, 6) is -3.10. The Hall–Kier alpha value is -3.29. The van der Waals surface area contributed by atoms with Crippen molar-refractivity contribution in [3.63, 3.8) is 0 Å². The molecule has 2 aromatic carbocycles. The molecule has 26 heavy (non-hydrogen) atoms. The number of hydrogen-bond acceptors (Lipinski definition) is 5. The molecule has 2 N–H and O–H groups in total. The summed E-state index contributed by atoms with van der Waals surface area (Å²) in [5, 5.41) is 5.61. The Bertz CT molecular complexity index is 950. The average molecular weight is 360 g/mol. The maximum Gasteiger partial charge on any atom is 0.229 e. The monoisotopic (exact) mass is 360 g/mol. The first kappa shape index (κ1) is 17.5. The lowest BCUT2D eigenvalue weighted by atomic mass is 10.2. The average Bonchev–Trinajstić information content (AvgIpc) is 2.63. The summed E-state index contributed by atoms with van der Waals surface area (Å²) < 4.78 is 45.4. The topological polar surface area (TPSA) is 59.1 Å². The molecule has 3 aromatic rings. The number of rotatable bonds is 5. The molecular weight excluding hydrogens is 345 g/mol. The van der Waals surface area contributed by atoms with E-state index in [1.165, 1.54) is 12.3 Å². The smallest absolute Gasteiger partial charge is 0.229 e. The lowest BCUT2D eigenvalue weighted by Crippen LogP contribution is -2.03. The number of halogens is 3. The number of ether oxygens (including phenoxy) is 1. The van der Waals surface area contributed by atoms with Gasteiger partial charge in [-0.15, -0.1) is 0 Å². The van der Waals surface area contributed by atoms with Crippen LogP contribution in [0.1, 0.15) is 5.56 Å². The summed E-state index contributed by atoms with van der Waals surface area (Å²) in [6.45, 7) is 1.93. The van der Waals surface area contributed by atoms with Crippen molar-refractivity contribution in [2.45, 2.75) is 6.92 Å². The molecule has 0 saturated carbocycles. The van der Waals surface area contributed by atoms with Crippen LogP contribution in [0.4, 0.5) is 36.3 Å². The Kier molecular flexibility index (Phi) is 4.92. The van der Waals surface area contributed by atoms with Gasteiger partial charge in [-0.2, -0.15) is 4.98 Å². The molecule has 8 heteroatoms. The van der Waals surface area contributed by atoms with Crippen LogP contribution >= 0.6 is 0 Å². The number of anilines is 4. The summed E-state index contributed by atoms with van der Waals surface area (Å²) in [7, 11) is 1.54. The molecule has 0 amide bonds. The van der Waals surface area contributed by atoms with E-state index < -0.39 is 17.5 Å². The molecule has 0 atom stereocenters. The van der Waals surface area contributed by atoms with Crippen LogP contribution in [0.15, 0.2) is 42.6 Å². The summed E-state index contributed by atoms with van der Waals surface area (Å²) in [6.07, 6.45) is 1.44. The molecule has 1 heterocycles. The molecule has 0 bridgehead atoms. The summed E-state index contributed by atoms with van der Waals surface area (Å²) in [4.78, 5) is 8.28. The van der Waals surface area contributed by atoms with Crippen molar-refractivity contribution in [1.82, 2.24) is 9.97 Å². The third-order valence-electron chi connectivity index (χ3n) is 3.55. The second-order valence-corrected chi connectivity index (χ2v) is 5.44. The Labute approximate surface area is 147 Å². The quantitative estimate of drug-likeness (QED) is 0.646. The molecule has 0 fully saturated rings. The van der Waals surface area contributed by atoms with Crippen molar-refractivity contribution in [3.8, 4) is 5.75 Å². The van der Waals surface area contributed by atoms with E-state index in [0.29, 0.717) is 11.4 Å². The molecule has 0 aliphatic carbocycles. The second-order valence-electron chi connectivity index (χ2n) is 5.44. The van der Waals surface area contributed by atoms with Crippen molar-refractivity contribution in [2.24, 2.45) is 0 Å². The highest BCUT2D eigenvalue weighted by molar-refractivity contribution is 5.65. The lowest BCUT2D eigenvalue weighted by Gasteiger charge is -2.12. The number of nitrogens with one attached hydrogen (secondary N) is 2. The minimum absolute atomic E-state index is 0.207. The van der Waals surface area contributed by atoms with Gasteiger partial charge in [0.1, 0.15) is 11.6 Å². The van der Waals surface area contributed by atoms with Gasteiger partial charge in [-0.3, -0.25) is 0 Å². The van der Waals surface area contributed by atoms with Gasteiger partial charge in [-0.1, -0.05) is 6.07 Å². The predicted molar refractivity (Wildman–Crippen MR) is 92.6 cm³/mol. The van der Waals surface area contributed by atoms with E-state index in [4.69, 9.17) is 4.74 Å². The number of hydrogen-bond donors (Lipinski definition) is 2. The third-order valence-corrected chi connectivity index (χ3v) is 3.55. The van der Waals surface area contributed by atoms with Crippen molar-refractivity contribution in [1.29, 1.82) is 0 Å². The minimum atomic E-state index is -1.55. The van der Waals surface area contributed by atoms with Gasteiger partial charge in [0.25, 0.3) is 0 Å². The molecule has 0 aliphatic heterocycles. The molecule has 0 aliphatic rings. The lowest BCUT2D eigenvalue weighted by molar-refractivity contribution is 0.416. The standard InChI is InChI=1S/C18H15F3N4O/c1-10-3-6-14(26-2)13(9-10)24-18-22-8-7-15(25-18)23-12-5-4-11(19)16(20)17(12)21/h3-9H,1-2H3,(H2,22,23,24,25). The summed E-state index contributed by atoms with van der Waals surface area (Å²) in [6, 6.07) is 8.95. The van der Waals surface area contributed by atoms with Gasteiger partial charge in [-0.25, -0.2) is 18.2 Å². The van der Waals surface area contributed by atoms with E-state index in [1.807, 2.05) is 19.1 Å². The van der Waals surface area contributed by atoms with E-state index in [0.717, 1.165) is 17.7 Å². The van der Waals surface area contributed by atoms with Gasteiger partial charge in [0.15, 0.2) is 17.5 Å². The molecule has 0 unspecified atom stereocenters. The van der Waals surface area contributed by atoms with Crippen molar-refractivity contribution < 1.29 is 17.9 Å². The zero-order chi connectivity index (χ0) is 18.7. The Morgan fingerprint density at radius 3 is 2.50 bits per heavy atom.